The topological polar surface area (TPSA) is 182 Å². The molecule has 0 saturated carbocycles. The van der Waals surface area contributed by atoms with Gasteiger partial charge in [0, 0.05) is 13.1 Å². The number of hydrogen-bond donors (Lipinski definition) is 4. The lowest BCUT2D eigenvalue weighted by atomic mass is 10.1. The molecule has 0 aromatic carbocycles. The first-order valence-electron chi connectivity index (χ1n) is 21.0. The summed E-state index contributed by atoms with van der Waals surface area (Å²) in [6.45, 7) is 17.5. The summed E-state index contributed by atoms with van der Waals surface area (Å²) in [5.41, 5.74) is 22.9. The van der Waals surface area contributed by atoms with E-state index >= 15 is 0 Å². The van der Waals surface area contributed by atoms with Gasteiger partial charge in [-0.25, -0.2) is 0 Å². The molecular formula is C38H92Cl6N6O6P2. The van der Waals surface area contributed by atoms with Gasteiger partial charge in [0.1, 0.15) is 0 Å². The average Bonchev–Trinajstić information content (AvgIpc) is 3.12. The summed E-state index contributed by atoms with van der Waals surface area (Å²) in [6.07, 6.45) is 18.3. The fourth-order valence-electron chi connectivity index (χ4n) is 5.70. The van der Waals surface area contributed by atoms with Gasteiger partial charge in [0.2, 0.25) is 0 Å². The van der Waals surface area contributed by atoms with Crippen molar-refractivity contribution in [3.63, 3.8) is 0 Å². The van der Waals surface area contributed by atoms with Crippen LogP contribution in [-0.4, -0.2) is 114 Å². The monoisotopic (exact) mass is 1000 g/mol. The van der Waals surface area contributed by atoms with Crippen LogP contribution in [-0.2, 0) is 27.2 Å². The first kappa shape index (κ1) is 74.2. The van der Waals surface area contributed by atoms with E-state index in [2.05, 4.69) is 37.5 Å². The van der Waals surface area contributed by atoms with Crippen LogP contribution in [0.5, 0.6) is 0 Å². The second-order valence-corrected chi connectivity index (χ2v) is 19.6. The molecule has 58 heavy (non-hydrogen) atoms. The van der Waals surface area contributed by atoms with Gasteiger partial charge in [0.05, 0.1) is 38.8 Å². The Morgan fingerprint density at radius 1 is 0.379 bits per heavy atom. The van der Waals surface area contributed by atoms with Crippen molar-refractivity contribution in [1.29, 1.82) is 0 Å². The summed E-state index contributed by atoms with van der Waals surface area (Å²) in [4.78, 5) is 4.56. The summed E-state index contributed by atoms with van der Waals surface area (Å²) in [6, 6.07) is 0. The van der Waals surface area contributed by atoms with E-state index in [0.717, 1.165) is 77.5 Å². The molecule has 8 N–H and O–H groups in total. The molecule has 0 spiro atoms. The van der Waals surface area contributed by atoms with Gasteiger partial charge in [-0.2, -0.15) is 0 Å². The van der Waals surface area contributed by atoms with Crippen molar-refractivity contribution < 1.29 is 27.2 Å². The Balaban J connectivity index is -0.000000867. The fourth-order valence-corrected chi connectivity index (χ4v) is 9.28. The molecule has 0 aliphatic heterocycles. The number of unbranched alkanes of at least 4 members (excludes halogenated alkanes) is 11. The van der Waals surface area contributed by atoms with E-state index < -0.39 is 15.2 Å². The minimum absolute atomic E-state index is 0. The van der Waals surface area contributed by atoms with Gasteiger partial charge in [0.25, 0.3) is 0 Å². The maximum atomic E-state index is 13.5. The van der Waals surface area contributed by atoms with Gasteiger partial charge in [-0.15, -0.1) is 74.4 Å². The lowest BCUT2D eigenvalue weighted by Crippen LogP contribution is -2.31. The Bertz CT molecular complexity index is 820. The van der Waals surface area contributed by atoms with E-state index in [-0.39, 0.29) is 74.4 Å². The van der Waals surface area contributed by atoms with Gasteiger partial charge >= 0.3 is 15.2 Å². The Morgan fingerprint density at radius 2 is 0.621 bits per heavy atom. The van der Waals surface area contributed by atoms with Crippen LogP contribution < -0.4 is 22.9 Å². The van der Waals surface area contributed by atoms with Gasteiger partial charge in [-0.1, -0.05) is 91.9 Å². The van der Waals surface area contributed by atoms with Gasteiger partial charge in [0.15, 0.2) is 0 Å². The second kappa shape index (κ2) is 51.4. The molecule has 0 amide bonds. The zero-order valence-corrected chi connectivity index (χ0v) is 43.5. The van der Waals surface area contributed by atoms with Crippen LogP contribution in [0.4, 0.5) is 0 Å². The third-order valence-electron chi connectivity index (χ3n) is 8.92. The zero-order valence-electron chi connectivity index (χ0n) is 36.8. The number of halogens is 6. The summed E-state index contributed by atoms with van der Waals surface area (Å²) in [5, 5.41) is 0. The summed E-state index contributed by atoms with van der Waals surface area (Å²) in [7, 11) is -6.28. The molecule has 12 nitrogen and oxygen atoms in total. The minimum Gasteiger partial charge on any atom is -0.330 e. The average molecular weight is 1000 g/mol. The predicted molar refractivity (Wildman–Crippen MR) is 265 cm³/mol. The van der Waals surface area contributed by atoms with Crippen molar-refractivity contribution in [2.24, 2.45) is 34.8 Å². The standard InChI is InChI=1S/C38H86N6O6P2.6ClH/c1-37(2)35-49-51(45,33-29-43(25-17-21-39)26-18-22-40)47-31-15-13-11-9-7-5-6-8-10-12-14-16-32-48-52(46,50-36-38(3)4)34-30-44(27-19-23-41)28-20-24-42;;;;;;/h37-38H,5-36,39-42H2,1-4H3;6*1H. The largest absolute Gasteiger partial charge is 0.331 e. The molecule has 2 atom stereocenters. The highest BCUT2D eigenvalue weighted by molar-refractivity contribution is 7.54. The number of nitrogens with zero attached hydrogens (tertiary/aromatic N) is 2. The number of nitrogens with two attached hydrogens (primary N) is 4. The number of hydrogen-bond acceptors (Lipinski definition) is 12. The van der Waals surface area contributed by atoms with E-state index in [1.807, 2.05) is 0 Å². The van der Waals surface area contributed by atoms with Crippen molar-refractivity contribution in [3.05, 3.63) is 0 Å². The van der Waals surface area contributed by atoms with Crippen LogP contribution in [0.2, 0.25) is 0 Å². The van der Waals surface area contributed by atoms with Crippen LogP contribution in [0.15, 0.2) is 0 Å². The van der Waals surface area contributed by atoms with Crippen LogP contribution in [0.3, 0.4) is 0 Å². The van der Waals surface area contributed by atoms with E-state index in [4.69, 9.17) is 41.0 Å². The molecular weight excluding hydrogens is 911 g/mol. The molecule has 2 unspecified atom stereocenters. The van der Waals surface area contributed by atoms with Gasteiger partial charge in [-0.05, 0) is 103 Å². The van der Waals surface area contributed by atoms with Crippen molar-refractivity contribution in [3.8, 4) is 0 Å². The van der Waals surface area contributed by atoms with Crippen molar-refractivity contribution in [2.75, 3.05) is 104 Å². The van der Waals surface area contributed by atoms with Crippen molar-refractivity contribution in [1.82, 2.24) is 9.80 Å². The minimum atomic E-state index is -3.14. The van der Waals surface area contributed by atoms with E-state index in [1.165, 1.54) is 51.4 Å². The quantitative estimate of drug-likeness (QED) is 0.0337. The third kappa shape index (κ3) is 47.3. The molecule has 0 aliphatic carbocycles. The van der Waals surface area contributed by atoms with Gasteiger partial charge < -0.3 is 50.8 Å². The Morgan fingerprint density at radius 3 is 0.845 bits per heavy atom. The summed E-state index contributed by atoms with van der Waals surface area (Å²) in [5.74, 6) is 0.602. The van der Waals surface area contributed by atoms with Crippen LogP contribution in [0.1, 0.15) is 130 Å². The molecule has 0 aromatic rings. The molecule has 0 saturated heterocycles. The van der Waals surface area contributed by atoms with Crippen LogP contribution in [0, 0.1) is 11.8 Å². The highest BCUT2D eigenvalue weighted by atomic mass is 35.5. The lowest BCUT2D eigenvalue weighted by molar-refractivity contribution is 0.178. The smallest absolute Gasteiger partial charge is 0.330 e. The van der Waals surface area contributed by atoms with Gasteiger partial charge in [-0.3, -0.25) is 9.13 Å². The molecule has 20 heteroatoms. The summed E-state index contributed by atoms with van der Waals surface area (Å²) >= 11 is 0. The molecule has 0 fully saturated rings. The molecule has 0 bridgehead atoms. The molecule has 0 radical (unpaired) electrons. The predicted octanol–water partition coefficient (Wildman–Crippen LogP) is 9.96. The van der Waals surface area contributed by atoms with Crippen molar-refractivity contribution >= 4 is 89.6 Å². The first-order chi connectivity index (χ1) is 25.0. The van der Waals surface area contributed by atoms with Crippen LogP contribution >= 0.6 is 89.6 Å². The Kier molecular flexibility index (Phi) is 65.8. The number of rotatable bonds is 41. The highest BCUT2D eigenvalue weighted by Gasteiger charge is 2.27. The maximum absolute atomic E-state index is 13.5. The maximum Gasteiger partial charge on any atom is 0.331 e. The third-order valence-corrected chi connectivity index (χ3v) is 12.7. The summed E-state index contributed by atoms with van der Waals surface area (Å²) < 4.78 is 50.7. The Labute approximate surface area is 393 Å². The van der Waals surface area contributed by atoms with Crippen LogP contribution in [0.25, 0.3) is 0 Å². The Hall–Kier alpha value is 1.80. The molecule has 0 rings (SSSR count). The molecule has 0 aromatic heterocycles. The van der Waals surface area contributed by atoms with Crippen molar-refractivity contribution in [2.45, 2.75) is 130 Å². The van der Waals surface area contributed by atoms with E-state index in [1.54, 1.807) is 0 Å². The zero-order chi connectivity index (χ0) is 38.8. The first-order valence-corrected chi connectivity index (χ1v) is 24.5. The SMILES string of the molecule is CC(C)COP(=O)(CCN(CCCN)CCCN)OCCCCCCCCCCCCCCOP(=O)(CCN(CCCN)CCCN)OCC(C)C.Cl.Cl.Cl.Cl.Cl.Cl. The molecule has 362 valence electrons. The normalized spacial score (nSPS) is 13.1. The second-order valence-electron chi connectivity index (χ2n) is 15.2. The fraction of sp³-hybridized carbons (Fsp3) is 1.00. The van der Waals surface area contributed by atoms with E-state index in [9.17, 15) is 9.13 Å². The van der Waals surface area contributed by atoms with E-state index in [0.29, 0.717) is 89.9 Å². The lowest BCUT2D eigenvalue weighted by Gasteiger charge is -2.25. The molecule has 0 heterocycles. The molecule has 0 aliphatic rings. The highest BCUT2D eigenvalue weighted by Crippen LogP contribution is 2.49.